The molecule has 0 radical (unpaired) electrons. The number of amides is 1. The summed E-state index contributed by atoms with van der Waals surface area (Å²) in [6.45, 7) is 0. The number of carbonyl (C=O) groups is 1. The molecule has 25 heavy (non-hydrogen) atoms. The summed E-state index contributed by atoms with van der Waals surface area (Å²) in [5, 5.41) is 6.83. The molecule has 0 aliphatic rings. The predicted octanol–water partition coefficient (Wildman–Crippen LogP) is 6.15. The van der Waals surface area contributed by atoms with Crippen LogP contribution in [-0.4, -0.2) is 10.9 Å². The molecule has 0 unspecified atom stereocenters. The number of halogens is 3. The third-order valence-electron chi connectivity index (χ3n) is 3.36. The van der Waals surface area contributed by atoms with E-state index in [1.165, 1.54) is 0 Å². The van der Waals surface area contributed by atoms with E-state index in [0.717, 1.165) is 4.47 Å². The number of nitrogens with zero attached hydrogens (tertiary/aromatic N) is 1. The average Bonchev–Trinajstić information content (AvgIpc) is 2.60. The van der Waals surface area contributed by atoms with E-state index in [9.17, 15) is 4.79 Å². The van der Waals surface area contributed by atoms with Crippen molar-refractivity contribution >= 4 is 62.2 Å². The summed E-state index contributed by atoms with van der Waals surface area (Å²) in [6.07, 6.45) is 1.61. The van der Waals surface area contributed by atoms with Crippen molar-refractivity contribution in [2.75, 3.05) is 10.6 Å². The number of anilines is 3. The minimum absolute atomic E-state index is 0.275. The molecule has 0 fully saturated rings. The number of hydrogen-bond acceptors (Lipinski definition) is 3. The second-order valence-corrected chi connectivity index (χ2v) is 6.76. The molecule has 0 atom stereocenters. The quantitative estimate of drug-likeness (QED) is 0.515. The van der Waals surface area contributed by atoms with Gasteiger partial charge in [-0.2, -0.15) is 0 Å². The molecule has 0 bridgehead atoms. The lowest BCUT2D eigenvalue weighted by atomic mass is 10.2. The maximum absolute atomic E-state index is 12.6. The van der Waals surface area contributed by atoms with Gasteiger partial charge >= 0.3 is 0 Å². The number of hydrogen-bond donors (Lipinski definition) is 2. The SMILES string of the molecule is O=C(Nc1ccccc1Br)c1cccnc1Nc1ccc(Cl)c(Cl)c1. The van der Waals surface area contributed by atoms with E-state index in [1.807, 2.05) is 24.3 Å². The maximum atomic E-state index is 12.6. The minimum Gasteiger partial charge on any atom is -0.340 e. The monoisotopic (exact) mass is 435 g/mol. The zero-order valence-electron chi connectivity index (χ0n) is 12.8. The molecule has 2 aromatic carbocycles. The van der Waals surface area contributed by atoms with Crippen LogP contribution in [0.1, 0.15) is 10.4 Å². The molecule has 3 aromatic rings. The Bertz CT molecular complexity index is 934. The zero-order chi connectivity index (χ0) is 17.8. The van der Waals surface area contributed by atoms with Crippen LogP contribution in [0.15, 0.2) is 65.3 Å². The molecule has 0 saturated carbocycles. The largest absolute Gasteiger partial charge is 0.340 e. The van der Waals surface area contributed by atoms with E-state index in [2.05, 4.69) is 31.5 Å². The van der Waals surface area contributed by atoms with Crippen LogP contribution in [-0.2, 0) is 0 Å². The molecule has 1 aromatic heterocycles. The van der Waals surface area contributed by atoms with Gasteiger partial charge in [0.05, 0.1) is 21.3 Å². The van der Waals surface area contributed by atoms with E-state index in [0.29, 0.717) is 32.8 Å². The Hall–Kier alpha value is -2.08. The second-order valence-electron chi connectivity index (χ2n) is 5.09. The number of aromatic nitrogens is 1. The van der Waals surface area contributed by atoms with Crippen LogP contribution in [0.25, 0.3) is 0 Å². The molecule has 0 saturated heterocycles. The molecule has 7 heteroatoms. The highest BCUT2D eigenvalue weighted by atomic mass is 79.9. The Balaban J connectivity index is 1.86. The maximum Gasteiger partial charge on any atom is 0.259 e. The van der Waals surface area contributed by atoms with E-state index in [4.69, 9.17) is 23.2 Å². The Morgan fingerprint density at radius 1 is 1.00 bits per heavy atom. The van der Waals surface area contributed by atoms with Crippen molar-refractivity contribution in [2.45, 2.75) is 0 Å². The number of para-hydroxylation sites is 1. The first-order valence-corrected chi connectivity index (χ1v) is 8.82. The van der Waals surface area contributed by atoms with Gasteiger partial charge in [-0.25, -0.2) is 4.98 Å². The number of benzene rings is 2. The van der Waals surface area contributed by atoms with Gasteiger partial charge in [0.1, 0.15) is 5.82 Å². The molecular weight excluding hydrogens is 425 g/mol. The minimum atomic E-state index is -0.275. The van der Waals surface area contributed by atoms with Crippen molar-refractivity contribution in [1.82, 2.24) is 4.98 Å². The first kappa shape index (κ1) is 17.7. The van der Waals surface area contributed by atoms with E-state index >= 15 is 0 Å². The van der Waals surface area contributed by atoms with Crippen LogP contribution in [0.4, 0.5) is 17.2 Å². The Morgan fingerprint density at radius 3 is 2.56 bits per heavy atom. The third-order valence-corrected chi connectivity index (χ3v) is 4.79. The molecule has 2 N–H and O–H groups in total. The normalized spacial score (nSPS) is 10.4. The van der Waals surface area contributed by atoms with Gasteiger partial charge in [-0.15, -0.1) is 0 Å². The van der Waals surface area contributed by atoms with Crippen LogP contribution in [0, 0.1) is 0 Å². The fourth-order valence-corrected chi connectivity index (χ4v) is 2.83. The predicted molar refractivity (Wildman–Crippen MR) is 106 cm³/mol. The lowest BCUT2D eigenvalue weighted by Gasteiger charge is -2.12. The van der Waals surface area contributed by atoms with Gasteiger partial charge in [0.25, 0.3) is 5.91 Å². The van der Waals surface area contributed by atoms with Crippen molar-refractivity contribution in [3.8, 4) is 0 Å². The Labute approximate surface area is 163 Å². The van der Waals surface area contributed by atoms with Crippen LogP contribution in [0.5, 0.6) is 0 Å². The molecule has 0 spiro atoms. The van der Waals surface area contributed by atoms with Crippen molar-refractivity contribution < 1.29 is 4.79 Å². The fourth-order valence-electron chi connectivity index (χ4n) is 2.15. The van der Waals surface area contributed by atoms with Gasteiger partial charge in [-0.1, -0.05) is 35.3 Å². The van der Waals surface area contributed by atoms with Crippen molar-refractivity contribution in [1.29, 1.82) is 0 Å². The molecular formula is C18H12BrCl2N3O. The summed E-state index contributed by atoms with van der Waals surface area (Å²) < 4.78 is 0.797. The summed E-state index contributed by atoms with van der Waals surface area (Å²) in [4.78, 5) is 16.9. The topological polar surface area (TPSA) is 54.0 Å². The van der Waals surface area contributed by atoms with Gasteiger partial charge < -0.3 is 10.6 Å². The highest BCUT2D eigenvalue weighted by Gasteiger charge is 2.14. The van der Waals surface area contributed by atoms with Crippen molar-refractivity contribution in [2.24, 2.45) is 0 Å². The number of carbonyl (C=O) groups excluding carboxylic acids is 1. The Morgan fingerprint density at radius 2 is 1.80 bits per heavy atom. The molecule has 0 aliphatic heterocycles. The highest BCUT2D eigenvalue weighted by Crippen LogP contribution is 2.28. The number of nitrogens with one attached hydrogen (secondary N) is 2. The van der Waals surface area contributed by atoms with Gasteiger partial charge in [-0.3, -0.25) is 4.79 Å². The molecule has 1 heterocycles. The lowest BCUT2D eigenvalue weighted by Crippen LogP contribution is -2.15. The third kappa shape index (κ3) is 4.31. The molecule has 0 aliphatic carbocycles. The van der Waals surface area contributed by atoms with Crippen LogP contribution in [0.3, 0.4) is 0 Å². The zero-order valence-corrected chi connectivity index (χ0v) is 15.9. The molecule has 4 nitrogen and oxygen atoms in total. The van der Waals surface area contributed by atoms with Crippen LogP contribution < -0.4 is 10.6 Å². The lowest BCUT2D eigenvalue weighted by molar-refractivity contribution is 0.102. The summed E-state index contributed by atoms with van der Waals surface area (Å²) in [6, 6.07) is 15.9. The average molecular weight is 437 g/mol. The second kappa shape index (κ2) is 7.87. The molecule has 126 valence electrons. The van der Waals surface area contributed by atoms with Crippen LogP contribution in [0.2, 0.25) is 10.0 Å². The van der Waals surface area contributed by atoms with E-state index in [-0.39, 0.29) is 5.91 Å². The Kier molecular flexibility index (Phi) is 5.58. The number of pyridine rings is 1. The summed E-state index contributed by atoms with van der Waals surface area (Å²) >= 11 is 15.4. The molecule has 3 rings (SSSR count). The fraction of sp³-hybridized carbons (Fsp3) is 0. The van der Waals surface area contributed by atoms with Gasteiger partial charge in [0, 0.05) is 16.4 Å². The number of rotatable bonds is 4. The van der Waals surface area contributed by atoms with E-state index < -0.39 is 0 Å². The summed E-state index contributed by atoms with van der Waals surface area (Å²) in [7, 11) is 0. The van der Waals surface area contributed by atoms with Crippen molar-refractivity contribution in [3.05, 3.63) is 80.9 Å². The van der Waals surface area contributed by atoms with Gasteiger partial charge in [-0.05, 0) is 58.4 Å². The van der Waals surface area contributed by atoms with Crippen LogP contribution >= 0.6 is 39.1 Å². The standard InChI is InChI=1S/C18H12BrCl2N3O/c19-13-5-1-2-6-16(13)24-18(25)12-4-3-9-22-17(12)23-11-7-8-14(20)15(21)10-11/h1-10H,(H,22,23)(H,24,25). The smallest absolute Gasteiger partial charge is 0.259 e. The summed E-state index contributed by atoms with van der Waals surface area (Å²) in [5.74, 6) is 0.146. The first-order chi connectivity index (χ1) is 12.0. The van der Waals surface area contributed by atoms with Crippen molar-refractivity contribution in [3.63, 3.8) is 0 Å². The molecule has 1 amide bonds. The first-order valence-electron chi connectivity index (χ1n) is 7.27. The van der Waals surface area contributed by atoms with E-state index in [1.54, 1.807) is 36.5 Å². The highest BCUT2D eigenvalue weighted by molar-refractivity contribution is 9.10. The van der Waals surface area contributed by atoms with Gasteiger partial charge in [0.15, 0.2) is 0 Å². The van der Waals surface area contributed by atoms with Gasteiger partial charge in [0.2, 0.25) is 0 Å². The summed E-state index contributed by atoms with van der Waals surface area (Å²) in [5.41, 5.74) is 1.77.